The van der Waals surface area contributed by atoms with E-state index in [4.69, 9.17) is 10.5 Å². The predicted octanol–water partition coefficient (Wildman–Crippen LogP) is 2.68. The molecular weight excluding hydrogens is 240 g/mol. The number of hydrogen-bond donors (Lipinski definition) is 1. The Morgan fingerprint density at radius 3 is 2.42 bits per heavy atom. The van der Waals surface area contributed by atoms with Crippen molar-refractivity contribution in [2.45, 2.75) is 32.1 Å². The van der Waals surface area contributed by atoms with Gasteiger partial charge in [-0.25, -0.2) is 0 Å². The summed E-state index contributed by atoms with van der Waals surface area (Å²) in [5.74, 6) is 0.632. The highest BCUT2D eigenvalue weighted by molar-refractivity contribution is 5.97. The van der Waals surface area contributed by atoms with Crippen molar-refractivity contribution in [3.05, 3.63) is 23.8 Å². The minimum absolute atomic E-state index is 0.0334. The molecule has 0 radical (unpaired) electrons. The number of ether oxygens (including phenoxy) is 1. The van der Waals surface area contributed by atoms with Crippen LogP contribution >= 0.6 is 0 Å². The Bertz CT molecular complexity index is 438. The topological polar surface area (TPSA) is 55.6 Å². The van der Waals surface area contributed by atoms with Gasteiger partial charge in [-0.05, 0) is 31.0 Å². The van der Waals surface area contributed by atoms with E-state index in [0.29, 0.717) is 17.0 Å². The van der Waals surface area contributed by atoms with Crippen LogP contribution in [0.15, 0.2) is 18.2 Å². The molecule has 0 atom stereocenters. The third-order valence-corrected chi connectivity index (χ3v) is 3.60. The Hall–Kier alpha value is -1.71. The number of benzene rings is 1. The molecule has 1 saturated heterocycles. The molecule has 1 fully saturated rings. The smallest absolute Gasteiger partial charge is 0.257 e. The largest absolute Gasteiger partial charge is 0.496 e. The normalized spacial score (nSPS) is 16.6. The number of rotatable bonds is 2. The molecule has 4 heteroatoms. The average molecular weight is 262 g/mol. The molecule has 0 unspecified atom stereocenters. The molecule has 1 aliphatic rings. The zero-order valence-corrected chi connectivity index (χ0v) is 11.5. The molecule has 1 aromatic carbocycles. The highest BCUT2D eigenvalue weighted by Gasteiger charge is 2.20. The molecule has 1 heterocycles. The molecule has 19 heavy (non-hydrogen) atoms. The lowest BCUT2D eigenvalue weighted by Gasteiger charge is -2.25. The van der Waals surface area contributed by atoms with Gasteiger partial charge in [-0.15, -0.1) is 0 Å². The third-order valence-electron chi connectivity index (χ3n) is 3.60. The van der Waals surface area contributed by atoms with Crippen molar-refractivity contribution in [3.8, 4) is 5.75 Å². The summed E-state index contributed by atoms with van der Waals surface area (Å²) in [5.41, 5.74) is 6.95. The van der Waals surface area contributed by atoms with E-state index < -0.39 is 0 Å². The highest BCUT2D eigenvalue weighted by atomic mass is 16.5. The Kier molecular flexibility index (Phi) is 4.66. The highest BCUT2D eigenvalue weighted by Crippen LogP contribution is 2.23. The molecule has 4 nitrogen and oxygen atoms in total. The predicted molar refractivity (Wildman–Crippen MR) is 76.4 cm³/mol. The Morgan fingerprint density at radius 1 is 1.16 bits per heavy atom. The summed E-state index contributed by atoms with van der Waals surface area (Å²) in [6.07, 6.45) is 5.85. The molecule has 0 spiro atoms. The molecule has 104 valence electrons. The van der Waals surface area contributed by atoms with Gasteiger partial charge in [0.05, 0.1) is 12.7 Å². The van der Waals surface area contributed by atoms with Gasteiger partial charge < -0.3 is 15.4 Å². The van der Waals surface area contributed by atoms with Crippen molar-refractivity contribution in [1.29, 1.82) is 0 Å². The minimum atomic E-state index is 0.0334. The van der Waals surface area contributed by atoms with E-state index in [1.165, 1.54) is 19.3 Å². The van der Waals surface area contributed by atoms with Crippen molar-refractivity contribution in [3.63, 3.8) is 0 Å². The molecule has 1 aliphatic heterocycles. The lowest BCUT2D eigenvalue weighted by Crippen LogP contribution is -2.34. The number of nitrogen functional groups attached to an aromatic ring is 1. The van der Waals surface area contributed by atoms with Crippen molar-refractivity contribution in [2.24, 2.45) is 0 Å². The number of hydrogen-bond acceptors (Lipinski definition) is 3. The van der Waals surface area contributed by atoms with E-state index in [0.717, 1.165) is 25.9 Å². The summed E-state index contributed by atoms with van der Waals surface area (Å²) in [6, 6.07) is 5.22. The molecule has 1 amide bonds. The van der Waals surface area contributed by atoms with Crippen LogP contribution in [0.1, 0.15) is 42.5 Å². The van der Waals surface area contributed by atoms with Gasteiger partial charge in [0, 0.05) is 18.8 Å². The van der Waals surface area contributed by atoms with Crippen LogP contribution in [-0.2, 0) is 0 Å². The maximum atomic E-state index is 12.6. The number of methoxy groups -OCH3 is 1. The van der Waals surface area contributed by atoms with Crippen LogP contribution in [0.2, 0.25) is 0 Å². The number of likely N-dealkylation sites (tertiary alicyclic amines) is 1. The third kappa shape index (κ3) is 3.40. The molecule has 2 rings (SSSR count). The molecular formula is C15H22N2O2. The van der Waals surface area contributed by atoms with Crippen molar-refractivity contribution >= 4 is 11.6 Å². The fourth-order valence-electron chi connectivity index (χ4n) is 2.51. The van der Waals surface area contributed by atoms with E-state index in [1.54, 1.807) is 25.3 Å². The molecule has 0 aliphatic carbocycles. The number of anilines is 1. The summed E-state index contributed by atoms with van der Waals surface area (Å²) in [7, 11) is 1.58. The standard InChI is InChI=1S/C15H22N2O2/c1-19-14-8-7-12(16)11-13(14)15(18)17-9-5-3-2-4-6-10-17/h7-8,11H,2-6,9-10,16H2,1H3. The SMILES string of the molecule is COc1ccc(N)cc1C(=O)N1CCCCCCC1. The fraction of sp³-hybridized carbons (Fsp3) is 0.533. The van der Waals surface area contributed by atoms with Gasteiger partial charge in [0.15, 0.2) is 0 Å². The first-order valence-corrected chi connectivity index (χ1v) is 6.95. The zero-order valence-electron chi connectivity index (χ0n) is 11.5. The number of carbonyl (C=O) groups excluding carboxylic acids is 1. The van der Waals surface area contributed by atoms with E-state index in [1.807, 2.05) is 4.90 Å². The van der Waals surface area contributed by atoms with Gasteiger partial charge >= 0.3 is 0 Å². The quantitative estimate of drug-likeness (QED) is 0.834. The van der Waals surface area contributed by atoms with Gasteiger partial charge in [-0.2, -0.15) is 0 Å². The van der Waals surface area contributed by atoms with Crippen LogP contribution in [0, 0.1) is 0 Å². The summed E-state index contributed by atoms with van der Waals surface area (Å²) < 4.78 is 5.27. The molecule has 0 aromatic heterocycles. The maximum Gasteiger partial charge on any atom is 0.257 e. The second-order valence-electron chi connectivity index (χ2n) is 5.02. The van der Waals surface area contributed by atoms with Crippen LogP contribution in [0.4, 0.5) is 5.69 Å². The van der Waals surface area contributed by atoms with Gasteiger partial charge in [0.2, 0.25) is 0 Å². The summed E-state index contributed by atoms with van der Waals surface area (Å²) in [6.45, 7) is 1.66. The Balaban J connectivity index is 2.19. The zero-order chi connectivity index (χ0) is 13.7. The number of nitrogens with zero attached hydrogens (tertiary/aromatic N) is 1. The van der Waals surface area contributed by atoms with Gasteiger partial charge in [0.25, 0.3) is 5.91 Å². The second kappa shape index (κ2) is 6.45. The number of carbonyl (C=O) groups is 1. The molecule has 0 saturated carbocycles. The van der Waals surface area contributed by atoms with Crippen LogP contribution in [0.3, 0.4) is 0 Å². The van der Waals surface area contributed by atoms with Gasteiger partial charge in [-0.1, -0.05) is 19.3 Å². The van der Waals surface area contributed by atoms with Gasteiger partial charge in [0.1, 0.15) is 5.75 Å². The maximum absolute atomic E-state index is 12.6. The monoisotopic (exact) mass is 262 g/mol. The fourth-order valence-corrected chi connectivity index (χ4v) is 2.51. The number of amides is 1. The minimum Gasteiger partial charge on any atom is -0.496 e. The van der Waals surface area contributed by atoms with Crippen molar-refractivity contribution in [2.75, 3.05) is 25.9 Å². The lowest BCUT2D eigenvalue weighted by molar-refractivity contribution is 0.0739. The Morgan fingerprint density at radius 2 is 1.79 bits per heavy atom. The van der Waals surface area contributed by atoms with Crippen LogP contribution in [0.25, 0.3) is 0 Å². The van der Waals surface area contributed by atoms with Crippen LogP contribution in [0.5, 0.6) is 5.75 Å². The average Bonchev–Trinajstić information content (AvgIpc) is 2.37. The van der Waals surface area contributed by atoms with E-state index in [9.17, 15) is 4.79 Å². The summed E-state index contributed by atoms with van der Waals surface area (Å²) >= 11 is 0. The Labute approximate surface area is 114 Å². The van der Waals surface area contributed by atoms with Crippen LogP contribution < -0.4 is 10.5 Å². The van der Waals surface area contributed by atoms with Crippen LogP contribution in [-0.4, -0.2) is 31.0 Å². The second-order valence-corrected chi connectivity index (χ2v) is 5.02. The van der Waals surface area contributed by atoms with E-state index in [-0.39, 0.29) is 5.91 Å². The molecule has 0 bridgehead atoms. The van der Waals surface area contributed by atoms with Crippen molar-refractivity contribution in [1.82, 2.24) is 4.90 Å². The molecule has 2 N–H and O–H groups in total. The first kappa shape index (κ1) is 13.7. The lowest BCUT2D eigenvalue weighted by atomic mass is 10.1. The van der Waals surface area contributed by atoms with E-state index in [2.05, 4.69) is 0 Å². The summed E-state index contributed by atoms with van der Waals surface area (Å²) in [4.78, 5) is 14.5. The first-order valence-electron chi connectivity index (χ1n) is 6.95. The van der Waals surface area contributed by atoms with Crippen molar-refractivity contribution < 1.29 is 9.53 Å². The molecule has 1 aromatic rings. The van der Waals surface area contributed by atoms with E-state index >= 15 is 0 Å². The number of nitrogens with two attached hydrogens (primary N) is 1. The summed E-state index contributed by atoms with van der Waals surface area (Å²) in [5, 5.41) is 0. The first-order chi connectivity index (χ1) is 9.22. The van der Waals surface area contributed by atoms with Gasteiger partial charge in [-0.3, -0.25) is 4.79 Å².